The maximum absolute atomic E-state index is 12.5. The molecule has 0 radical (unpaired) electrons. The second-order valence-corrected chi connectivity index (χ2v) is 7.40. The van der Waals surface area contributed by atoms with Crippen LogP contribution in [0.1, 0.15) is 53.9 Å². The number of hydrogen-bond acceptors (Lipinski definition) is 1. The molecule has 0 spiro atoms. The van der Waals surface area contributed by atoms with Gasteiger partial charge < -0.3 is 4.90 Å². The van der Waals surface area contributed by atoms with Gasteiger partial charge in [-0.15, -0.1) is 0 Å². The summed E-state index contributed by atoms with van der Waals surface area (Å²) >= 11 is 0. The van der Waals surface area contributed by atoms with Crippen LogP contribution in [0.15, 0.2) is 0 Å². The van der Waals surface area contributed by atoms with Crippen molar-refractivity contribution in [1.29, 1.82) is 0 Å². The molecule has 0 unspecified atom stereocenters. The zero-order chi connectivity index (χ0) is 12.8. The van der Waals surface area contributed by atoms with Gasteiger partial charge in [0.25, 0.3) is 0 Å². The Hall–Kier alpha value is -0.530. The molecule has 0 aromatic heterocycles. The standard InChI is InChI=1S/C15H27NO/c1-11(2)15(5)8-9-16(10-15)13(17)12-6-7-14(12,3)4/h11-12H,6-10H2,1-5H3/t12-,15+/m1/s1. The topological polar surface area (TPSA) is 20.3 Å². The van der Waals surface area contributed by atoms with E-state index in [9.17, 15) is 4.79 Å². The van der Waals surface area contributed by atoms with Crippen LogP contribution in [0.4, 0.5) is 0 Å². The maximum Gasteiger partial charge on any atom is 0.226 e. The Morgan fingerprint density at radius 2 is 1.88 bits per heavy atom. The molecule has 2 rings (SSSR count). The lowest BCUT2D eigenvalue weighted by Gasteiger charge is -2.45. The minimum atomic E-state index is 0.244. The maximum atomic E-state index is 12.5. The molecule has 2 atom stereocenters. The van der Waals surface area contributed by atoms with Crippen molar-refractivity contribution in [2.24, 2.45) is 22.7 Å². The predicted molar refractivity (Wildman–Crippen MR) is 70.6 cm³/mol. The molecule has 2 aliphatic rings. The second kappa shape index (κ2) is 4.00. The normalized spacial score (nSPS) is 36.1. The van der Waals surface area contributed by atoms with Crippen molar-refractivity contribution < 1.29 is 4.79 Å². The molecule has 98 valence electrons. The van der Waals surface area contributed by atoms with Crippen molar-refractivity contribution in [1.82, 2.24) is 4.90 Å². The van der Waals surface area contributed by atoms with E-state index in [1.165, 1.54) is 12.8 Å². The summed E-state index contributed by atoms with van der Waals surface area (Å²) in [7, 11) is 0. The van der Waals surface area contributed by atoms with Crippen molar-refractivity contribution >= 4 is 5.91 Å². The van der Waals surface area contributed by atoms with E-state index in [1.807, 2.05) is 0 Å². The van der Waals surface area contributed by atoms with Gasteiger partial charge in [0.1, 0.15) is 0 Å². The Morgan fingerprint density at radius 1 is 1.24 bits per heavy atom. The number of hydrogen-bond donors (Lipinski definition) is 0. The molecule has 1 saturated heterocycles. The molecule has 1 aliphatic heterocycles. The van der Waals surface area contributed by atoms with E-state index in [0.717, 1.165) is 19.5 Å². The summed E-state index contributed by atoms with van der Waals surface area (Å²) in [6.07, 6.45) is 3.48. The first-order chi connectivity index (χ1) is 7.76. The van der Waals surface area contributed by atoms with E-state index in [2.05, 4.69) is 39.5 Å². The molecular weight excluding hydrogens is 210 g/mol. The largest absolute Gasteiger partial charge is 0.342 e. The lowest BCUT2D eigenvalue weighted by Crippen LogP contribution is -2.47. The van der Waals surface area contributed by atoms with Gasteiger partial charge in [-0.1, -0.05) is 34.6 Å². The summed E-state index contributed by atoms with van der Waals surface area (Å²) in [5.41, 5.74) is 0.581. The minimum absolute atomic E-state index is 0.244. The highest BCUT2D eigenvalue weighted by molar-refractivity contribution is 5.81. The van der Waals surface area contributed by atoms with Crippen molar-refractivity contribution in [3.8, 4) is 0 Å². The van der Waals surface area contributed by atoms with Crippen molar-refractivity contribution in [2.45, 2.75) is 53.9 Å². The van der Waals surface area contributed by atoms with Crippen molar-refractivity contribution in [2.75, 3.05) is 13.1 Å². The van der Waals surface area contributed by atoms with Crippen LogP contribution in [-0.4, -0.2) is 23.9 Å². The van der Waals surface area contributed by atoms with Gasteiger partial charge in [0.15, 0.2) is 0 Å². The van der Waals surface area contributed by atoms with E-state index >= 15 is 0 Å². The summed E-state index contributed by atoms with van der Waals surface area (Å²) < 4.78 is 0. The summed E-state index contributed by atoms with van der Waals surface area (Å²) in [6.45, 7) is 13.3. The van der Waals surface area contributed by atoms with Crippen LogP contribution >= 0.6 is 0 Å². The summed E-state index contributed by atoms with van der Waals surface area (Å²) in [4.78, 5) is 14.6. The highest BCUT2D eigenvalue weighted by atomic mass is 16.2. The van der Waals surface area contributed by atoms with Crippen LogP contribution in [-0.2, 0) is 4.79 Å². The predicted octanol–water partition coefficient (Wildman–Crippen LogP) is 3.32. The Labute approximate surface area is 106 Å². The van der Waals surface area contributed by atoms with Gasteiger partial charge >= 0.3 is 0 Å². The van der Waals surface area contributed by atoms with Gasteiger partial charge in [-0.25, -0.2) is 0 Å². The van der Waals surface area contributed by atoms with Crippen LogP contribution in [0.3, 0.4) is 0 Å². The van der Waals surface area contributed by atoms with Crippen molar-refractivity contribution in [3.63, 3.8) is 0 Å². The molecule has 17 heavy (non-hydrogen) atoms. The molecule has 2 heteroatoms. The number of carbonyl (C=O) groups excluding carboxylic acids is 1. The summed E-state index contributed by atoms with van der Waals surface area (Å²) in [5.74, 6) is 1.37. The van der Waals surface area contributed by atoms with Gasteiger partial charge in [0.2, 0.25) is 5.91 Å². The van der Waals surface area contributed by atoms with Crippen LogP contribution in [0.2, 0.25) is 0 Å². The highest BCUT2D eigenvalue weighted by Crippen LogP contribution is 2.48. The van der Waals surface area contributed by atoms with Gasteiger partial charge in [-0.2, -0.15) is 0 Å². The first-order valence-corrected chi connectivity index (χ1v) is 7.05. The number of carbonyl (C=O) groups is 1. The van der Waals surface area contributed by atoms with Gasteiger partial charge in [0.05, 0.1) is 0 Å². The molecular formula is C15H27NO. The summed E-state index contributed by atoms with van der Waals surface area (Å²) in [5, 5.41) is 0. The number of likely N-dealkylation sites (tertiary alicyclic amines) is 1. The SMILES string of the molecule is CC(C)[C@@]1(C)CCN(C(=O)[C@H]2CCC2(C)C)C1. The lowest BCUT2D eigenvalue weighted by atomic mass is 9.62. The zero-order valence-corrected chi connectivity index (χ0v) is 12.0. The Balaban J connectivity index is 2.00. The second-order valence-electron chi connectivity index (χ2n) is 7.40. The molecule has 2 nitrogen and oxygen atoms in total. The quantitative estimate of drug-likeness (QED) is 0.721. The van der Waals surface area contributed by atoms with E-state index in [4.69, 9.17) is 0 Å². The third kappa shape index (κ3) is 2.11. The fourth-order valence-electron chi connectivity index (χ4n) is 3.19. The molecule has 1 heterocycles. The first kappa shape index (κ1) is 12.9. The van der Waals surface area contributed by atoms with Crippen LogP contribution < -0.4 is 0 Å². The molecule has 0 bridgehead atoms. The molecule has 1 amide bonds. The molecule has 0 N–H and O–H groups in total. The molecule has 1 aliphatic carbocycles. The zero-order valence-electron chi connectivity index (χ0n) is 12.0. The highest BCUT2D eigenvalue weighted by Gasteiger charge is 2.47. The average Bonchev–Trinajstić information content (AvgIpc) is 2.61. The van der Waals surface area contributed by atoms with E-state index in [0.29, 0.717) is 17.2 Å². The smallest absolute Gasteiger partial charge is 0.226 e. The van der Waals surface area contributed by atoms with Crippen LogP contribution in [0.25, 0.3) is 0 Å². The van der Waals surface area contributed by atoms with Gasteiger partial charge in [-0.05, 0) is 36.0 Å². The fourth-order valence-corrected chi connectivity index (χ4v) is 3.19. The average molecular weight is 237 g/mol. The van der Waals surface area contributed by atoms with Crippen molar-refractivity contribution in [3.05, 3.63) is 0 Å². The Morgan fingerprint density at radius 3 is 2.24 bits per heavy atom. The molecule has 0 aromatic carbocycles. The molecule has 1 saturated carbocycles. The lowest BCUT2D eigenvalue weighted by molar-refractivity contribution is -0.144. The third-order valence-corrected chi connectivity index (χ3v) is 5.53. The Bertz CT molecular complexity index is 321. The van der Waals surface area contributed by atoms with Gasteiger partial charge in [-0.3, -0.25) is 4.79 Å². The van der Waals surface area contributed by atoms with Gasteiger partial charge in [0, 0.05) is 19.0 Å². The van der Waals surface area contributed by atoms with Crippen LogP contribution in [0, 0.1) is 22.7 Å². The minimum Gasteiger partial charge on any atom is -0.342 e. The summed E-state index contributed by atoms with van der Waals surface area (Å²) in [6, 6.07) is 0. The first-order valence-electron chi connectivity index (χ1n) is 7.05. The molecule has 2 fully saturated rings. The number of rotatable bonds is 2. The van der Waals surface area contributed by atoms with Crippen LogP contribution in [0.5, 0.6) is 0 Å². The van der Waals surface area contributed by atoms with E-state index < -0.39 is 0 Å². The number of amides is 1. The Kier molecular flexibility index (Phi) is 3.04. The third-order valence-electron chi connectivity index (χ3n) is 5.53. The number of nitrogens with zero attached hydrogens (tertiary/aromatic N) is 1. The fraction of sp³-hybridized carbons (Fsp3) is 0.933. The van der Waals surface area contributed by atoms with E-state index in [-0.39, 0.29) is 11.3 Å². The molecule has 0 aromatic rings. The van der Waals surface area contributed by atoms with E-state index in [1.54, 1.807) is 0 Å². The monoisotopic (exact) mass is 237 g/mol.